The van der Waals surface area contributed by atoms with Gasteiger partial charge in [-0.25, -0.2) is 0 Å². The lowest BCUT2D eigenvalue weighted by Gasteiger charge is -2.27. The molecule has 0 spiro atoms. The second-order valence-corrected chi connectivity index (χ2v) is 7.73. The van der Waals surface area contributed by atoms with E-state index in [-0.39, 0.29) is 11.8 Å². The number of amides is 2. The molecule has 4 heteroatoms. The van der Waals surface area contributed by atoms with Crippen LogP contribution in [-0.4, -0.2) is 29.8 Å². The van der Waals surface area contributed by atoms with Crippen molar-refractivity contribution in [3.63, 3.8) is 0 Å². The zero-order valence-electron chi connectivity index (χ0n) is 16.2. The Morgan fingerprint density at radius 3 is 2.37 bits per heavy atom. The summed E-state index contributed by atoms with van der Waals surface area (Å²) in [4.78, 5) is 27.3. The van der Waals surface area contributed by atoms with E-state index in [0.717, 1.165) is 37.1 Å². The summed E-state index contributed by atoms with van der Waals surface area (Å²) in [6.45, 7) is 5.94. The number of hydrogen-bond acceptors (Lipinski definition) is 2. The van der Waals surface area contributed by atoms with Crippen LogP contribution in [0, 0.1) is 0 Å². The summed E-state index contributed by atoms with van der Waals surface area (Å²) in [7, 11) is 0. The van der Waals surface area contributed by atoms with Crippen molar-refractivity contribution in [2.45, 2.75) is 45.1 Å². The summed E-state index contributed by atoms with van der Waals surface area (Å²) in [5.41, 5.74) is 2.01. The van der Waals surface area contributed by atoms with E-state index in [2.05, 4.69) is 5.32 Å². The number of likely N-dealkylation sites (tertiary alicyclic amines) is 1. The molecule has 0 unspecified atom stereocenters. The summed E-state index contributed by atoms with van der Waals surface area (Å²) in [5, 5.41) is 3.02. The third kappa shape index (κ3) is 4.57. The van der Waals surface area contributed by atoms with Crippen molar-refractivity contribution < 1.29 is 9.59 Å². The first kappa shape index (κ1) is 19.2. The van der Waals surface area contributed by atoms with Gasteiger partial charge in [-0.3, -0.25) is 9.59 Å². The Morgan fingerprint density at radius 1 is 0.963 bits per heavy atom. The molecule has 0 bridgehead atoms. The number of carbonyl (C=O) groups is 2. The molecule has 3 rings (SSSR count). The Hall–Kier alpha value is -2.62. The highest BCUT2D eigenvalue weighted by Crippen LogP contribution is 2.23. The molecule has 1 aliphatic rings. The molecule has 0 saturated carbocycles. The predicted molar refractivity (Wildman–Crippen MR) is 108 cm³/mol. The van der Waals surface area contributed by atoms with Crippen LogP contribution in [-0.2, 0) is 16.8 Å². The SMILES string of the molecule is CC(C)(C(=O)NCc1cccc(C(=O)N2CCCCC2)c1)c1ccccc1. The molecular weight excluding hydrogens is 336 g/mol. The number of rotatable bonds is 5. The molecule has 2 aromatic rings. The van der Waals surface area contributed by atoms with Crippen LogP contribution in [0.25, 0.3) is 0 Å². The molecular formula is C23H28N2O2. The topological polar surface area (TPSA) is 49.4 Å². The predicted octanol–water partition coefficient (Wildman–Crippen LogP) is 3.91. The first-order valence-corrected chi connectivity index (χ1v) is 9.70. The van der Waals surface area contributed by atoms with Gasteiger partial charge < -0.3 is 10.2 Å². The van der Waals surface area contributed by atoms with Crippen LogP contribution in [0.5, 0.6) is 0 Å². The molecule has 27 heavy (non-hydrogen) atoms. The summed E-state index contributed by atoms with van der Waals surface area (Å²) >= 11 is 0. The highest BCUT2D eigenvalue weighted by atomic mass is 16.2. The van der Waals surface area contributed by atoms with Gasteiger partial charge in [0, 0.05) is 25.2 Å². The molecule has 2 aromatic carbocycles. The zero-order chi connectivity index (χ0) is 19.3. The van der Waals surface area contributed by atoms with Crippen molar-refractivity contribution >= 4 is 11.8 Å². The van der Waals surface area contributed by atoms with Gasteiger partial charge in [0.1, 0.15) is 0 Å². The average Bonchev–Trinajstić information content (AvgIpc) is 2.73. The lowest BCUT2D eigenvalue weighted by Crippen LogP contribution is -2.39. The van der Waals surface area contributed by atoms with Gasteiger partial charge >= 0.3 is 0 Å². The van der Waals surface area contributed by atoms with Gasteiger partial charge in [-0.1, -0.05) is 42.5 Å². The van der Waals surface area contributed by atoms with E-state index in [0.29, 0.717) is 12.1 Å². The van der Waals surface area contributed by atoms with Crippen LogP contribution < -0.4 is 5.32 Å². The fourth-order valence-corrected chi connectivity index (χ4v) is 3.48. The summed E-state index contributed by atoms with van der Waals surface area (Å²) in [5.74, 6) is 0.0638. The monoisotopic (exact) mass is 364 g/mol. The minimum absolute atomic E-state index is 0.0264. The maximum atomic E-state index is 12.7. The van der Waals surface area contributed by atoms with E-state index >= 15 is 0 Å². The van der Waals surface area contributed by atoms with Crippen molar-refractivity contribution in [1.29, 1.82) is 0 Å². The maximum Gasteiger partial charge on any atom is 0.253 e. The lowest BCUT2D eigenvalue weighted by molar-refractivity contribution is -0.125. The lowest BCUT2D eigenvalue weighted by atomic mass is 9.84. The average molecular weight is 364 g/mol. The molecule has 1 saturated heterocycles. The minimum Gasteiger partial charge on any atom is -0.351 e. The van der Waals surface area contributed by atoms with Crippen molar-refractivity contribution in [3.8, 4) is 0 Å². The van der Waals surface area contributed by atoms with Gasteiger partial charge in [0.25, 0.3) is 5.91 Å². The Kier molecular flexibility index (Phi) is 5.94. The van der Waals surface area contributed by atoms with E-state index in [4.69, 9.17) is 0 Å². The summed E-state index contributed by atoms with van der Waals surface area (Å²) in [6.07, 6.45) is 3.36. The second-order valence-electron chi connectivity index (χ2n) is 7.73. The van der Waals surface area contributed by atoms with E-state index in [9.17, 15) is 9.59 Å². The first-order valence-electron chi connectivity index (χ1n) is 9.70. The number of hydrogen-bond donors (Lipinski definition) is 1. The largest absolute Gasteiger partial charge is 0.351 e. The molecule has 0 radical (unpaired) electrons. The van der Waals surface area contributed by atoms with Gasteiger partial charge in [0.2, 0.25) is 5.91 Å². The fourth-order valence-electron chi connectivity index (χ4n) is 3.48. The summed E-state index contributed by atoms with van der Waals surface area (Å²) in [6, 6.07) is 17.4. The number of carbonyl (C=O) groups excluding carboxylic acids is 2. The van der Waals surface area contributed by atoms with Crippen LogP contribution >= 0.6 is 0 Å². The van der Waals surface area contributed by atoms with Crippen molar-refractivity contribution in [1.82, 2.24) is 10.2 Å². The van der Waals surface area contributed by atoms with Crippen molar-refractivity contribution in [2.75, 3.05) is 13.1 Å². The highest BCUT2D eigenvalue weighted by molar-refractivity contribution is 5.94. The Bertz CT molecular complexity index is 793. The third-order valence-electron chi connectivity index (χ3n) is 5.33. The molecule has 0 aliphatic carbocycles. The first-order chi connectivity index (χ1) is 13.0. The molecule has 1 aliphatic heterocycles. The molecule has 1 fully saturated rings. The number of benzene rings is 2. The molecule has 4 nitrogen and oxygen atoms in total. The second kappa shape index (κ2) is 8.38. The van der Waals surface area contributed by atoms with Crippen LogP contribution in [0.3, 0.4) is 0 Å². The van der Waals surface area contributed by atoms with Crippen LogP contribution in [0.4, 0.5) is 0 Å². The van der Waals surface area contributed by atoms with E-state index in [1.54, 1.807) is 0 Å². The molecule has 0 atom stereocenters. The highest BCUT2D eigenvalue weighted by Gasteiger charge is 2.29. The minimum atomic E-state index is -0.609. The van der Waals surface area contributed by atoms with Gasteiger partial charge in [0.05, 0.1) is 5.41 Å². The van der Waals surface area contributed by atoms with Crippen LogP contribution in [0.2, 0.25) is 0 Å². The molecule has 1 heterocycles. The van der Waals surface area contributed by atoms with Crippen molar-refractivity contribution in [3.05, 3.63) is 71.3 Å². The van der Waals surface area contributed by atoms with Gasteiger partial charge in [-0.05, 0) is 56.4 Å². The molecule has 0 aromatic heterocycles. The zero-order valence-corrected chi connectivity index (χ0v) is 16.2. The quantitative estimate of drug-likeness (QED) is 0.874. The fraction of sp³-hybridized carbons (Fsp3) is 0.391. The Balaban J connectivity index is 1.64. The van der Waals surface area contributed by atoms with E-state index in [1.807, 2.05) is 73.3 Å². The van der Waals surface area contributed by atoms with Crippen molar-refractivity contribution in [2.24, 2.45) is 0 Å². The van der Waals surface area contributed by atoms with Gasteiger partial charge in [-0.2, -0.15) is 0 Å². The molecule has 2 amide bonds. The third-order valence-corrected chi connectivity index (χ3v) is 5.33. The van der Waals surface area contributed by atoms with Gasteiger partial charge in [0.15, 0.2) is 0 Å². The summed E-state index contributed by atoms with van der Waals surface area (Å²) < 4.78 is 0. The Labute approximate surface area is 161 Å². The maximum absolute atomic E-state index is 12.7. The molecule has 1 N–H and O–H groups in total. The Morgan fingerprint density at radius 2 is 1.67 bits per heavy atom. The van der Waals surface area contributed by atoms with Gasteiger partial charge in [-0.15, -0.1) is 0 Å². The van der Waals surface area contributed by atoms with E-state index in [1.165, 1.54) is 6.42 Å². The molecule has 142 valence electrons. The van der Waals surface area contributed by atoms with E-state index < -0.39 is 5.41 Å². The number of nitrogens with one attached hydrogen (secondary N) is 1. The normalized spacial score (nSPS) is 14.7. The number of nitrogens with zero attached hydrogens (tertiary/aromatic N) is 1. The van der Waals surface area contributed by atoms with Crippen LogP contribution in [0.1, 0.15) is 54.6 Å². The van der Waals surface area contributed by atoms with Crippen LogP contribution in [0.15, 0.2) is 54.6 Å². The smallest absolute Gasteiger partial charge is 0.253 e. The standard InChI is InChI=1S/C23H28N2O2/c1-23(2,20-12-5-3-6-13-20)22(27)24-17-18-10-9-11-19(16-18)21(26)25-14-7-4-8-15-25/h3,5-6,9-13,16H,4,7-8,14-15,17H2,1-2H3,(H,24,27). The number of piperidine rings is 1.